The van der Waals surface area contributed by atoms with Gasteiger partial charge in [-0.2, -0.15) is 0 Å². The molecular formula is C18H14ClN2O5PS. The Hall–Kier alpha value is -2.51. The summed E-state index contributed by atoms with van der Waals surface area (Å²) in [5, 5.41) is 3.48. The van der Waals surface area contributed by atoms with Crippen LogP contribution in [0.4, 0.5) is 5.69 Å². The molecule has 28 heavy (non-hydrogen) atoms. The molecule has 0 radical (unpaired) electrons. The Kier molecular flexibility index (Phi) is 3.61. The van der Waals surface area contributed by atoms with Gasteiger partial charge in [0.1, 0.15) is 0 Å². The SMILES string of the molecule is O=S(=O)(NP12(Nc3ccccc3O1)Oc1ccccc1O2)c1ccc(Cl)cc1. The Labute approximate surface area is 166 Å². The van der Waals surface area contributed by atoms with E-state index in [2.05, 4.69) is 9.58 Å². The van der Waals surface area contributed by atoms with E-state index >= 15 is 0 Å². The molecule has 0 amide bonds. The summed E-state index contributed by atoms with van der Waals surface area (Å²) >= 11 is 5.88. The zero-order chi connectivity index (χ0) is 19.4. The standard InChI is InChI=1S/C18H14ClN2O5PS/c19-13-9-11-14(12-10-13)28(22,23)21-27(20-15-5-1-2-6-16(15)24-27)25-17-7-3-4-8-18(17)26-27/h1-12,20-21H. The molecule has 0 fully saturated rings. The Bertz CT molecular complexity index is 1090. The number of rotatable bonds is 3. The number of para-hydroxylation sites is 4. The van der Waals surface area contributed by atoms with Crippen LogP contribution in [-0.4, -0.2) is 8.42 Å². The number of anilines is 1. The van der Waals surface area contributed by atoms with Gasteiger partial charge in [0.15, 0.2) is 0 Å². The van der Waals surface area contributed by atoms with Crippen LogP contribution in [0, 0.1) is 0 Å². The average molecular weight is 437 g/mol. The van der Waals surface area contributed by atoms with Crippen molar-refractivity contribution in [1.29, 1.82) is 0 Å². The van der Waals surface area contributed by atoms with E-state index in [9.17, 15) is 8.42 Å². The maximum absolute atomic E-state index is 13.2. The summed E-state index contributed by atoms with van der Waals surface area (Å²) in [7, 11) is -8.67. The second-order valence-electron chi connectivity index (χ2n) is 6.26. The van der Waals surface area contributed by atoms with Crippen molar-refractivity contribution in [3.05, 3.63) is 77.8 Å². The van der Waals surface area contributed by atoms with Crippen LogP contribution in [0.5, 0.6) is 17.2 Å². The quantitative estimate of drug-likeness (QED) is 0.578. The van der Waals surface area contributed by atoms with Gasteiger partial charge in [0.2, 0.25) is 0 Å². The molecule has 144 valence electrons. The summed E-state index contributed by atoms with van der Waals surface area (Å²) < 4.78 is 47.1. The molecule has 3 aromatic rings. The van der Waals surface area contributed by atoms with Crippen LogP contribution in [0.1, 0.15) is 0 Å². The van der Waals surface area contributed by atoms with Crippen molar-refractivity contribution in [1.82, 2.24) is 4.49 Å². The number of hydrogen-bond donors (Lipinski definition) is 2. The van der Waals surface area contributed by atoms with E-state index < -0.39 is 17.6 Å². The minimum atomic E-state index is -4.58. The van der Waals surface area contributed by atoms with Gasteiger partial charge in [0, 0.05) is 0 Å². The number of hydrogen-bond acceptors (Lipinski definition) is 6. The summed E-state index contributed by atoms with van der Waals surface area (Å²) in [5.74, 6) is 1.17. The second-order valence-corrected chi connectivity index (χ2v) is 11.4. The van der Waals surface area contributed by atoms with Gasteiger partial charge in [-0.05, 0) is 0 Å². The number of sulfonamides is 1. The van der Waals surface area contributed by atoms with Crippen molar-refractivity contribution in [2.75, 3.05) is 5.09 Å². The second kappa shape index (κ2) is 5.75. The van der Waals surface area contributed by atoms with E-state index in [1.165, 1.54) is 24.3 Å². The molecule has 0 bridgehead atoms. The molecule has 0 aromatic heterocycles. The molecule has 0 atom stereocenters. The molecule has 2 aliphatic rings. The predicted molar refractivity (Wildman–Crippen MR) is 107 cm³/mol. The van der Waals surface area contributed by atoms with Crippen LogP contribution in [-0.2, 0) is 10.0 Å². The van der Waals surface area contributed by atoms with Crippen LogP contribution < -0.4 is 23.2 Å². The van der Waals surface area contributed by atoms with Crippen molar-refractivity contribution in [2.24, 2.45) is 0 Å². The summed E-state index contributed by atoms with van der Waals surface area (Å²) in [6.45, 7) is 0. The molecule has 3 aromatic carbocycles. The molecule has 0 unspecified atom stereocenters. The van der Waals surface area contributed by atoms with Gasteiger partial charge in [-0.3, -0.25) is 0 Å². The van der Waals surface area contributed by atoms with E-state index in [4.69, 9.17) is 25.2 Å². The zero-order valence-corrected chi connectivity index (χ0v) is 16.7. The fourth-order valence-corrected chi connectivity index (χ4v) is 8.77. The first kappa shape index (κ1) is 17.6. The van der Waals surface area contributed by atoms with Gasteiger partial charge in [0.05, 0.1) is 0 Å². The van der Waals surface area contributed by atoms with Crippen LogP contribution in [0.15, 0.2) is 77.7 Å². The molecular weight excluding hydrogens is 423 g/mol. The van der Waals surface area contributed by atoms with Crippen molar-refractivity contribution < 1.29 is 22.0 Å². The first-order chi connectivity index (χ1) is 13.4. The van der Waals surface area contributed by atoms with E-state index in [0.717, 1.165) is 0 Å². The van der Waals surface area contributed by atoms with Gasteiger partial charge in [-0.25, -0.2) is 0 Å². The molecule has 1 spiro atoms. The molecule has 2 N–H and O–H groups in total. The third-order valence-corrected chi connectivity index (χ3v) is 9.82. The molecule has 0 saturated heterocycles. The topological polar surface area (TPSA) is 85.9 Å². The Balaban J connectivity index is 1.62. The summed E-state index contributed by atoms with van der Waals surface area (Å²) in [4.78, 5) is 0.000382. The Morgan fingerprint density at radius 1 is 0.786 bits per heavy atom. The van der Waals surface area contributed by atoms with Crippen LogP contribution in [0.3, 0.4) is 0 Å². The molecule has 7 nitrogen and oxygen atoms in total. The number of halogens is 1. The third-order valence-electron chi connectivity index (χ3n) is 4.24. The zero-order valence-electron chi connectivity index (χ0n) is 14.2. The summed E-state index contributed by atoms with van der Waals surface area (Å²) in [6, 6.07) is 19.7. The van der Waals surface area contributed by atoms with Crippen molar-refractivity contribution in [2.45, 2.75) is 4.90 Å². The fourth-order valence-electron chi connectivity index (χ4n) is 3.06. The van der Waals surface area contributed by atoms with Gasteiger partial charge in [0.25, 0.3) is 0 Å². The summed E-state index contributed by atoms with van der Waals surface area (Å²) in [5.41, 5.74) is 0.562. The minimum absolute atomic E-state index is 0.000382. The first-order valence-electron chi connectivity index (χ1n) is 8.26. The molecule has 10 heteroatoms. The van der Waals surface area contributed by atoms with Crippen LogP contribution in [0.2, 0.25) is 5.02 Å². The Morgan fingerprint density at radius 2 is 1.32 bits per heavy atom. The van der Waals surface area contributed by atoms with Crippen molar-refractivity contribution >= 4 is 34.9 Å². The summed E-state index contributed by atoms with van der Waals surface area (Å²) in [6.07, 6.45) is 0. The normalized spacial score (nSPS) is 19.1. The number of benzene rings is 3. The molecule has 2 heterocycles. The van der Waals surface area contributed by atoms with Gasteiger partial charge in [-0.1, -0.05) is 0 Å². The van der Waals surface area contributed by atoms with Gasteiger partial charge >= 0.3 is 166 Å². The van der Waals surface area contributed by atoms with Gasteiger partial charge < -0.3 is 0 Å². The molecule has 0 aliphatic carbocycles. The van der Waals surface area contributed by atoms with E-state index in [0.29, 0.717) is 28.0 Å². The van der Waals surface area contributed by atoms with Crippen LogP contribution >= 0.6 is 19.2 Å². The predicted octanol–water partition coefficient (Wildman–Crippen LogP) is 4.72. The molecule has 2 aliphatic heterocycles. The maximum atomic E-state index is 13.2. The third kappa shape index (κ3) is 2.69. The Morgan fingerprint density at radius 3 is 1.93 bits per heavy atom. The van der Waals surface area contributed by atoms with E-state index in [1.807, 2.05) is 0 Å². The van der Waals surface area contributed by atoms with Gasteiger partial charge in [-0.15, -0.1) is 0 Å². The number of fused-ring (bicyclic) bond motifs is 2. The number of nitrogens with one attached hydrogen (secondary N) is 2. The van der Waals surface area contributed by atoms with E-state index in [-0.39, 0.29) is 4.90 Å². The van der Waals surface area contributed by atoms with E-state index in [1.54, 1.807) is 48.5 Å². The molecule has 5 rings (SSSR count). The average Bonchev–Trinajstić information content (AvgIpc) is 3.14. The monoisotopic (exact) mass is 436 g/mol. The van der Waals surface area contributed by atoms with Crippen molar-refractivity contribution in [3.8, 4) is 17.2 Å². The van der Waals surface area contributed by atoms with Crippen LogP contribution in [0.25, 0.3) is 0 Å². The first-order valence-corrected chi connectivity index (χ1v) is 12.1. The fraction of sp³-hybridized carbons (Fsp3) is 0. The van der Waals surface area contributed by atoms with Crippen molar-refractivity contribution in [3.63, 3.8) is 0 Å². The molecule has 0 saturated carbocycles.